The number of likely N-dealkylation sites (N-methyl/N-ethyl adjacent to an activating group) is 1. The van der Waals surface area contributed by atoms with Gasteiger partial charge in [-0.15, -0.1) is 0 Å². The van der Waals surface area contributed by atoms with E-state index in [9.17, 15) is 19.0 Å². The molecule has 0 bridgehead atoms. The molecule has 1 N–H and O–H groups in total. The molecule has 86 heavy (non-hydrogen) atoms. The number of phosphoric acid groups is 1. The van der Waals surface area contributed by atoms with E-state index in [4.69, 9.17) is 18.5 Å². The first-order valence-electron chi connectivity index (χ1n) is 36.0. The molecule has 10 heteroatoms. The highest BCUT2D eigenvalue weighted by Gasteiger charge is 2.27. The van der Waals surface area contributed by atoms with Gasteiger partial charge in [0.15, 0.2) is 6.10 Å². The van der Waals surface area contributed by atoms with Crippen molar-refractivity contribution in [1.29, 1.82) is 0 Å². The SMILES string of the molecule is CC/C=C\C/C=C\C/C=C\C/C=C\C/C=C\CCCCCCCCCCCCCCCCCCCCCCCC(=O)OC(COC(=O)CCCCCCCCCCCC/C=C\C/C=C\C/C=C\CCCCCCC)COP(=O)(O)OCC[N+](C)(C)C. The fourth-order valence-electron chi connectivity index (χ4n) is 10.1. The summed E-state index contributed by atoms with van der Waals surface area (Å²) in [6, 6.07) is 0. The zero-order valence-corrected chi connectivity index (χ0v) is 57.7. The highest BCUT2D eigenvalue weighted by molar-refractivity contribution is 7.47. The average Bonchev–Trinajstić information content (AvgIpc) is 3.67. The molecule has 0 radical (unpaired) electrons. The molecule has 2 unspecified atom stereocenters. The number of allylic oxidation sites excluding steroid dienone is 16. The number of ether oxygens (including phenoxy) is 2. The van der Waals surface area contributed by atoms with E-state index < -0.39 is 26.5 Å². The van der Waals surface area contributed by atoms with Crippen LogP contribution in [0.3, 0.4) is 0 Å². The summed E-state index contributed by atoms with van der Waals surface area (Å²) >= 11 is 0. The Labute approximate surface area is 532 Å². The molecule has 0 aromatic heterocycles. The lowest BCUT2D eigenvalue weighted by molar-refractivity contribution is -0.870. The lowest BCUT2D eigenvalue weighted by atomic mass is 10.0. The molecule has 0 aliphatic rings. The van der Waals surface area contributed by atoms with Crippen molar-refractivity contribution in [3.8, 4) is 0 Å². The van der Waals surface area contributed by atoms with E-state index in [1.54, 1.807) is 0 Å². The molecule has 0 fully saturated rings. The second kappa shape index (κ2) is 66.4. The lowest BCUT2D eigenvalue weighted by Gasteiger charge is -2.24. The molecule has 0 heterocycles. The quantitative estimate of drug-likeness (QED) is 0.0211. The summed E-state index contributed by atoms with van der Waals surface area (Å²) in [7, 11) is 1.48. The first-order valence-corrected chi connectivity index (χ1v) is 37.5. The van der Waals surface area contributed by atoms with E-state index in [0.29, 0.717) is 17.4 Å². The lowest BCUT2D eigenvalue weighted by Crippen LogP contribution is -2.37. The van der Waals surface area contributed by atoms with Crippen molar-refractivity contribution < 1.29 is 42.1 Å². The average molecular weight is 1220 g/mol. The monoisotopic (exact) mass is 1220 g/mol. The molecule has 0 amide bonds. The molecule has 0 spiro atoms. The molecular weight excluding hydrogens is 1090 g/mol. The summed E-state index contributed by atoms with van der Waals surface area (Å²) < 4.78 is 34.7. The standard InChI is InChI=1S/C76H136NO8P/c1-6-8-10-12-14-16-18-20-22-24-26-28-30-32-33-34-35-36-37-38-39-40-41-42-43-45-47-49-51-53-55-57-59-61-63-65-67-69-76(79)85-74(73-84-86(80,81)83-71-70-77(3,4)5)72-82-75(78)68-66-64-62-60-58-56-54-52-50-48-46-44-31-29-27-25-23-21-19-17-15-13-11-9-7-2/h8,10,14,16,19-22,25-28,31-33,44,74H,6-7,9,11-13,15,17-18,23-24,29-30,34-43,45-73H2,1-5H3/p+1/b10-8-,16-14-,21-19-,22-20-,27-25-,28-26-,33-32-,44-31-. The van der Waals surface area contributed by atoms with Gasteiger partial charge >= 0.3 is 19.8 Å². The van der Waals surface area contributed by atoms with Gasteiger partial charge in [0.05, 0.1) is 27.7 Å². The number of hydrogen-bond acceptors (Lipinski definition) is 7. The zero-order valence-electron chi connectivity index (χ0n) is 56.8. The Morgan fingerprint density at radius 3 is 0.988 bits per heavy atom. The maximum atomic E-state index is 12.9. The highest BCUT2D eigenvalue weighted by atomic mass is 31.2. The van der Waals surface area contributed by atoms with E-state index >= 15 is 0 Å². The number of carbonyl (C=O) groups is 2. The molecule has 0 rings (SSSR count). The van der Waals surface area contributed by atoms with Gasteiger partial charge in [-0.25, -0.2) is 4.57 Å². The van der Waals surface area contributed by atoms with Gasteiger partial charge < -0.3 is 18.9 Å². The Balaban J connectivity index is 4.00. The van der Waals surface area contributed by atoms with Gasteiger partial charge in [-0.05, 0) is 96.3 Å². The number of nitrogens with zero attached hydrogens (tertiary/aromatic N) is 1. The highest BCUT2D eigenvalue weighted by Crippen LogP contribution is 2.43. The summed E-state index contributed by atoms with van der Waals surface area (Å²) in [5.74, 6) is -0.791. The Morgan fingerprint density at radius 2 is 0.663 bits per heavy atom. The van der Waals surface area contributed by atoms with Crippen molar-refractivity contribution in [2.24, 2.45) is 0 Å². The largest absolute Gasteiger partial charge is 0.472 e. The predicted octanol–water partition coefficient (Wildman–Crippen LogP) is 23.5. The van der Waals surface area contributed by atoms with Crippen LogP contribution in [0.4, 0.5) is 0 Å². The van der Waals surface area contributed by atoms with Gasteiger partial charge in [-0.2, -0.15) is 0 Å². The van der Waals surface area contributed by atoms with Crippen molar-refractivity contribution in [1.82, 2.24) is 0 Å². The maximum absolute atomic E-state index is 12.9. The fourth-order valence-corrected chi connectivity index (χ4v) is 10.9. The minimum Gasteiger partial charge on any atom is -0.462 e. The van der Waals surface area contributed by atoms with Gasteiger partial charge in [-0.3, -0.25) is 18.6 Å². The zero-order chi connectivity index (χ0) is 62.6. The number of esters is 2. The Morgan fingerprint density at radius 1 is 0.372 bits per heavy atom. The number of hydrogen-bond donors (Lipinski definition) is 1. The molecular formula is C76H137NO8P+. The van der Waals surface area contributed by atoms with Crippen LogP contribution in [0.2, 0.25) is 0 Å². The minimum absolute atomic E-state index is 0.0295. The third kappa shape index (κ3) is 70.0. The van der Waals surface area contributed by atoms with Crippen LogP contribution in [0.15, 0.2) is 97.2 Å². The first-order chi connectivity index (χ1) is 42.0. The number of phosphoric ester groups is 1. The van der Waals surface area contributed by atoms with Crippen LogP contribution in [0.1, 0.15) is 322 Å². The summed E-state index contributed by atoms with van der Waals surface area (Å²) in [5, 5.41) is 0. The molecule has 9 nitrogen and oxygen atoms in total. The molecule has 498 valence electrons. The van der Waals surface area contributed by atoms with Gasteiger partial charge in [0.25, 0.3) is 0 Å². The Kier molecular flexibility index (Phi) is 64.0. The maximum Gasteiger partial charge on any atom is 0.472 e. The Bertz CT molecular complexity index is 1770. The summed E-state index contributed by atoms with van der Waals surface area (Å²) in [4.78, 5) is 35.9. The number of rotatable bonds is 66. The third-order valence-electron chi connectivity index (χ3n) is 15.6. The van der Waals surface area contributed by atoms with E-state index in [0.717, 1.165) is 77.0 Å². The van der Waals surface area contributed by atoms with Gasteiger partial charge in [-0.1, -0.05) is 310 Å². The van der Waals surface area contributed by atoms with Crippen molar-refractivity contribution >= 4 is 19.8 Å². The second-order valence-electron chi connectivity index (χ2n) is 25.2. The van der Waals surface area contributed by atoms with Crippen molar-refractivity contribution in [3.63, 3.8) is 0 Å². The van der Waals surface area contributed by atoms with Crippen LogP contribution in [0.5, 0.6) is 0 Å². The van der Waals surface area contributed by atoms with E-state index in [2.05, 4.69) is 111 Å². The van der Waals surface area contributed by atoms with Crippen molar-refractivity contribution in [2.75, 3.05) is 47.5 Å². The predicted molar refractivity (Wildman–Crippen MR) is 372 cm³/mol. The van der Waals surface area contributed by atoms with Crippen molar-refractivity contribution in [2.45, 2.75) is 328 Å². The third-order valence-corrected chi connectivity index (χ3v) is 16.6. The molecule has 2 atom stereocenters. The van der Waals surface area contributed by atoms with Gasteiger partial charge in [0, 0.05) is 12.8 Å². The van der Waals surface area contributed by atoms with Crippen molar-refractivity contribution in [3.05, 3.63) is 97.2 Å². The normalized spacial score (nSPS) is 13.7. The summed E-state index contributed by atoms with van der Waals surface area (Å²) in [6.45, 7) is 4.34. The molecule has 0 aliphatic heterocycles. The topological polar surface area (TPSA) is 108 Å². The van der Waals surface area contributed by atoms with E-state index in [-0.39, 0.29) is 32.0 Å². The second-order valence-corrected chi connectivity index (χ2v) is 26.7. The number of carbonyl (C=O) groups excluding carboxylic acids is 2. The van der Waals surface area contributed by atoms with Crippen LogP contribution in [0.25, 0.3) is 0 Å². The summed E-state index contributed by atoms with van der Waals surface area (Å²) in [5.41, 5.74) is 0. The van der Waals surface area contributed by atoms with Gasteiger partial charge in [0.2, 0.25) is 0 Å². The molecule has 0 aromatic rings. The molecule has 0 saturated heterocycles. The first kappa shape index (κ1) is 82.9. The summed E-state index contributed by atoms with van der Waals surface area (Å²) in [6.07, 6.45) is 92.3. The van der Waals surface area contributed by atoms with Crippen LogP contribution < -0.4 is 0 Å². The van der Waals surface area contributed by atoms with Crippen LogP contribution in [0, 0.1) is 0 Å². The van der Waals surface area contributed by atoms with E-state index in [1.807, 2.05) is 21.1 Å². The van der Waals surface area contributed by atoms with E-state index in [1.165, 1.54) is 212 Å². The number of quaternary nitrogens is 1. The molecule has 0 aliphatic carbocycles. The fraction of sp³-hybridized carbons (Fsp3) is 0.763. The van der Waals surface area contributed by atoms with Gasteiger partial charge in [0.1, 0.15) is 19.8 Å². The van der Waals surface area contributed by atoms with Crippen LogP contribution in [-0.4, -0.2) is 74.9 Å². The minimum atomic E-state index is -4.40. The van der Waals surface area contributed by atoms with Crippen LogP contribution >= 0.6 is 7.82 Å². The smallest absolute Gasteiger partial charge is 0.462 e. The molecule has 0 saturated carbocycles. The number of unbranched alkanes of at least 4 members (excludes halogenated alkanes) is 36. The Hall–Kier alpha value is -3.07. The molecule has 0 aromatic carbocycles. The van der Waals surface area contributed by atoms with Crippen LogP contribution in [-0.2, 0) is 32.7 Å².